The summed E-state index contributed by atoms with van der Waals surface area (Å²) < 4.78 is 0. The van der Waals surface area contributed by atoms with Gasteiger partial charge in [0.25, 0.3) is 5.91 Å². The normalized spacial score (nSPS) is 11.3. The van der Waals surface area contributed by atoms with Crippen molar-refractivity contribution in [2.24, 2.45) is 4.99 Å². The van der Waals surface area contributed by atoms with Crippen molar-refractivity contribution in [3.63, 3.8) is 0 Å². The van der Waals surface area contributed by atoms with Crippen molar-refractivity contribution >= 4 is 11.6 Å². The van der Waals surface area contributed by atoms with Gasteiger partial charge in [0.1, 0.15) is 0 Å². The van der Waals surface area contributed by atoms with Crippen LogP contribution in [0.2, 0.25) is 0 Å². The van der Waals surface area contributed by atoms with Crippen LogP contribution < -0.4 is 5.32 Å². The van der Waals surface area contributed by atoms with E-state index >= 15 is 0 Å². The molecule has 0 saturated carbocycles. The molecule has 1 N–H and O–H groups in total. The molecule has 2 aromatic rings. The molecular weight excluding hydrogens is 308 g/mol. The maximum Gasteiger partial charge on any atom is 0.251 e. The molecule has 0 aromatic heterocycles. The van der Waals surface area contributed by atoms with Crippen LogP contribution >= 0.6 is 0 Å². The zero-order valence-electron chi connectivity index (χ0n) is 15.1. The number of hydrogen-bond acceptors (Lipinski definition) is 2. The van der Waals surface area contributed by atoms with Crippen LogP contribution in [0.3, 0.4) is 0 Å². The van der Waals surface area contributed by atoms with E-state index in [-0.39, 0.29) is 5.91 Å². The molecule has 0 saturated heterocycles. The van der Waals surface area contributed by atoms with E-state index in [9.17, 15) is 4.79 Å². The smallest absolute Gasteiger partial charge is 0.251 e. The highest BCUT2D eigenvalue weighted by Gasteiger charge is 2.06. The largest absolute Gasteiger partial charge is 0.352 e. The van der Waals surface area contributed by atoms with Crippen LogP contribution in [0.25, 0.3) is 0 Å². The van der Waals surface area contributed by atoms with Crippen LogP contribution in [0.4, 0.5) is 0 Å². The fourth-order valence-corrected chi connectivity index (χ4v) is 2.68. The predicted octanol–water partition coefficient (Wildman–Crippen LogP) is 4.88. The Morgan fingerprint density at radius 1 is 0.880 bits per heavy atom. The number of nitrogens with zero attached hydrogens (tertiary/aromatic N) is 1. The van der Waals surface area contributed by atoms with Crippen LogP contribution in [0.15, 0.2) is 65.7 Å². The number of rotatable bonds is 10. The van der Waals surface area contributed by atoms with Gasteiger partial charge in [0.05, 0.1) is 0 Å². The monoisotopic (exact) mass is 336 g/mol. The van der Waals surface area contributed by atoms with E-state index in [1.807, 2.05) is 48.5 Å². The van der Waals surface area contributed by atoms with Crippen LogP contribution in [0.1, 0.15) is 54.9 Å². The number of carbonyl (C=O) groups excluding carboxylic acids is 1. The van der Waals surface area contributed by atoms with Crippen LogP contribution in [-0.2, 0) is 0 Å². The first kappa shape index (κ1) is 18.9. The zero-order chi connectivity index (χ0) is 17.7. The van der Waals surface area contributed by atoms with Gasteiger partial charge in [-0.25, -0.2) is 0 Å². The van der Waals surface area contributed by atoms with E-state index in [0.717, 1.165) is 30.7 Å². The summed E-state index contributed by atoms with van der Waals surface area (Å²) in [7, 11) is 0. The minimum absolute atomic E-state index is 0.0315. The molecular formula is C22H28N2O. The summed E-state index contributed by atoms with van der Waals surface area (Å²) in [6, 6.07) is 19.6. The number of amides is 1. The molecule has 0 spiro atoms. The molecule has 25 heavy (non-hydrogen) atoms. The van der Waals surface area contributed by atoms with Gasteiger partial charge < -0.3 is 5.32 Å². The molecule has 2 rings (SSSR count). The van der Waals surface area contributed by atoms with Gasteiger partial charge in [-0.3, -0.25) is 9.79 Å². The van der Waals surface area contributed by atoms with E-state index in [4.69, 9.17) is 4.99 Å². The molecule has 0 aliphatic carbocycles. The van der Waals surface area contributed by atoms with Gasteiger partial charge in [-0.2, -0.15) is 0 Å². The molecule has 0 radical (unpaired) electrons. The molecule has 2 aromatic carbocycles. The SMILES string of the molecule is CCCCCCN=C(CCNC(=O)c1ccccc1)c1ccccc1. The van der Waals surface area contributed by atoms with Gasteiger partial charge in [0.2, 0.25) is 0 Å². The average molecular weight is 336 g/mol. The average Bonchev–Trinajstić information content (AvgIpc) is 2.67. The molecule has 0 fully saturated rings. The van der Waals surface area contributed by atoms with Crippen molar-refractivity contribution in [2.45, 2.75) is 39.0 Å². The second-order valence-corrected chi connectivity index (χ2v) is 6.13. The summed E-state index contributed by atoms with van der Waals surface area (Å²) in [5.74, 6) is -0.0315. The first-order valence-electron chi connectivity index (χ1n) is 9.23. The van der Waals surface area contributed by atoms with Crippen LogP contribution in [-0.4, -0.2) is 24.7 Å². The van der Waals surface area contributed by atoms with Gasteiger partial charge in [0, 0.05) is 30.8 Å². The van der Waals surface area contributed by atoms with Gasteiger partial charge in [-0.05, 0) is 24.1 Å². The van der Waals surface area contributed by atoms with Crippen molar-refractivity contribution in [1.29, 1.82) is 0 Å². The minimum Gasteiger partial charge on any atom is -0.352 e. The summed E-state index contributed by atoms with van der Waals surface area (Å²) in [6.07, 6.45) is 5.60. The number of aliphatic imine (C=N–C) groups is 1. The molecule has 132 valence electrons. The standard InChI is InChI=1S/C22H28N2O/c1-2-3-4-11-17-23-21(19-12-7-5-8-13-19)16-18-24-22(25)20-14-9-6-10-15-20/h5-10,12-15H,2-4,11,16-18H2,1H3,(H,24,25). The third-order valence-electron chi connectivity index (χ3n) is 4.10. The molecule has 0 atom stereocenters. The zero-order valence-corrected chi connectivity index (χ0v) is 15.1. The number of benzene rings is 2. The van der Waals surface area contributed by atoms with E-state index in [0.29, 0.717) is 12.1 Å². The van der Waals surface area contributed by atoms with Gasteiger partial charge in [-0.15, -0.1) is 0 Å². The van der Waals surface area contributed by atoms with Crippen molar-refractivity contribution in [2.75, 3.05) is 13.1 Å². The van der Waals surface area contributed by atoms with Gasteiger partial charge in [0.15, 0.2) is 0 Å². The van der Waals surface area contributed by atoms with Crippen molar-refractivity contribution in [3.05, 3.63) is 71.8 Å². The fraction of sp³-hybridized carbons (Fsp3) is 0.364. The topological polar surface area (TPSA) is 41.5 Å². The first-order valence-corrected chi connectivity index (χ1v) is 9.23. The lowest BCUT2D eigenvalue weighted by Crippen LogP contribution is -2.26. The first-order chi connectivity index (χ1) is 12.3. The summed E-state index contributed by atoms with van der Waals surface area (Å²) in [6.45, 7) is 3.67. The number of unbranched alkanes of at least 4 members (excludes halogenated alkanes) is 3. The molecule has 0 bridgehead atoms. The highest BCUT2D eigenvalue weighted by Crippen LogP contribution is 2.07. The highest BCUT2D eigenvalue weighted by molar-refractivity contribution is 6.01. The van der Waals surface area contributed by atoms with Crippen LogP contribution in [0, 0.1) is 0 Å². The Labute approximate surface area is 151 Å². The number of nitrogens with one attached hydrogen (secondary N) is 1. The Hall–Kier alpha value is -2.42. The summed E-state index contributed by atoms with van der Waals surface area (Å²) >= 11 is 0. The molecule has 3 heteroatoms. The Kier molecular flexibility index (Phi) is 8.46. The minimum atomic E-state index is -0.0315. The van der Waals surface area contributed by atoms with Gasteiger partial charge >= 0.3 is 0 Å². The Morgan fingerprint density at radius 3 is 2.16 bits per heavy atom. The third kappa shape index (κ3) is 6.92. The molecule has 3 nitrogen and oxygen atoms in total. The number of hydrogen-bond donors (Lipinski definition) is 1. The lowest BCUT2D eigenvalue weighted by Gasteiger charge is -2.09. The quantitative estimate of drug-likeness (QED) is 0.488. The van der Waals surface area contributed by atoms with E-state index in [2.05, 4.69) is 24.4 Å². The Bertz CT molecular complexity index is 650. The predicted molar refractivity (Wildman–Crippen MR) is 105 cm³/mol. The lowest BCUT2D eigenvalue weighted by atomic mass is 10.1. The molecule has 0 heterocycles. The molecule has 0 aliphatic rings. The maximum atomic E-state index is 12.1. The van der Waals surface area contributed by atoms with Crippen molar-refractivity contribution < 1.29 is 4.79 Å². The molecule has 1 amide bonds. The lowest BCUT2D eigenvalue weighted by molar-refractivity contribution is 0.0955. The van der Waals surface area contributed by atoms with Crippen molar-refractivity contribution in [3.8, 4) is 0 Å². The van der Waals surface area contributed by atoms with E-state index in [1.165, 1.54) is 19.3 Å². The van der Waals surface area contributed by atoms with Crippen LogP contribution in [0.5, 0.6) is 0 Å². The van der Waals surface area contributed by atoms with E-state index in [1.54, 1.807) is 0 Å². The summed E-state index contributed by atoms with van der Waals surface area (Å²) in [5, 5.41) is 2.99. The van der Waals surface area contributed by atoms with E-state index < -0.39 is 0 Å². The Morgan fingerprint density at radius 2 is 1.52 bits per heavy atom. The maximum absolute atomic E-state index is 12.1. The summed E-state index contributed by atoms with van der Waals surface area (Å²) in [4.78, 5) is 16.9. The second kappa shape index (κ2) is 11.2. The number of carbonyl (C=O) groups is 1. The molecule has 0 aliphatic heterocycles. The highest BCUT2D eigenvalue weighted by atomic mass is 16.1. The van der Waals surface area contributed by atoms with Crippen molar-refractivity contribution in [1.82, 2.24) is 5.32 Å². The molecule has 0 unspecified atom stereocenters. The Balaban J connectivity index is 1.89. The summed E-state index contributed by atoms with van der Waals surface area (Å²) in [5.41, 5.74) is 2.91. The van der Waals surface area contributed by atoms with Gasteiger partial charge in [-0.1, -0.05) is 74.7 Å². The third-order valence-corrected chi connectivity index (χ3v) is 4.10. The second-order valence-electron chi connectivity index (χ2n) is 6.13. The fourth-order valence-electron chi connectivity index (χ4n) is 2.68.